The fraction of sp³-hybridized carbons (Fsp3) is 0.368. The van der Waals surface area contributed by atoms with Crippen LogP contribution in [0, 0.1) is 0 Å². The highest BCUT2D eigenvalue weighted by molar-refractivity contribution is 9.10. The Morgan fingerprint density at radius 3 is 2.93 bits per heavy atom. The summed E-state index contributed by atoms with van der Waals surface area (Å²) in [6.45, 7) is 5.95. The standard InChI is InChI=1S/C19H21BrN6O/c20-17-12-26-6-5-21-19(26)18(23-17)22-14-1-3-15(4-2-14)25-8-7-24-9-10-27-13-16(24)11-25/h1-6,12,16H,7-11,13H2,(H,22,23)/t16-/m0/s1. The van der Waals surface area contributed by atoms with E-state index < -0.39 is 0 Å². The van der Waals surface area contributed by atoms with Crippen molar-refractivity contribution in [1.29, 1.82) is 0 Å². The molecule has 3 aromatic rings. The van der Waals surface area contributed by atoms with Crippen LogP contribution >= 0.6 is 15.9 Å². The van der Waals surface area contributed by atoms with Gasteiger partial charge in [-0.3, -0.25) is 4.90 Å². The molecule has 5 rings (SSSR count). The van der Waals surface area contributed by atoms with E-state index in [1.165, 1.54) is 5.69 Å². The van der Waals surface area contributed by atoms with E-state index in [9.17, 15) is 0 Å². The quantitative estimate of drug-likeness (QED) is 0.691. The Morgan fingerprint density at radius 1 is 1.15 bits per heavy atom. The number of halogens is 1. The summed E-state index contributed by atoms with van der Waals surface area (Å²) in [6.07, 6.45) is 5.57. The first kappa shape index (κ1) is 17.0. The lowest BCUT2D eigenvalue weighted by Gasteiger charge is -2.44. The SMILES string of the molecule is Brc1cn2ccnc2c(Nc2ccc(N3CCN4CCOC[C@@H]4C3)cc2)n1. The molecule has 2 fully saturated rings. The van der Waals surface area contributed by atoms with E-state index in [1.807, 2.05) is 16.8 Å². The van der Waals surface area contributed by atoms with Crippen molar-refractivity contribution < 1.29 is 4.74 Å². The second kappa shape index (κ2) is 7.10. The Kier molecular flexibility index (Phi) is 4.47. The molecule has 8 heteroatoms. The number of hydrogen-bond donors (Lipinski definition) is 1. The summed E-state index contributed by atoms with van der Waals surface area (Å²) in [5.41, 5.74) is 3.04. The first-order valence-electron chi connectivity index (χ1n) is 9.19. The molecule has 1 N–H and O–H groups in total. The number of hydrogen-bond acceptors (Lipinski definition) is 6. The topological polar surface area (TPSA) is 57.9 Å². The number of anilines is 3. The number of fused-ring (bicyclic) bond motifs is 2. The molecule has 1 aromatic carbocycles. The van der Waals surface area contributed by atoms with Gasteiger partial charge in [-0.25, -0.2) is 9.97 Å². The number of imidazole rings is 1. The van der Waals surface area contributed by atoms with E-state index in [1.54, 1.807) is 6.20 Å². The summed E-state index contributed by atoms with van der Waals surface area (Å²) in [6, 6.07) is 9.04. The number of nitrogens with zero attached hydrogens (tertiary/aromatic N) is 5. The van der Waals surface area contributed by atoms with Gasteiger partial charge in [-0.15, -0.1) is 0 Å². The van der Waals surface area contributed by atoms with Crippen molar-refractivity contribution in [1.82, 2.24) is 19.3 Å². The van der Waals surface area contributed by atoms with Gasteiger partial charge in [0, 0.05) is 56.1 Å². The lowest BCUT2D eigenvalue weighted by atomic mass is 10.1. The van der Waals surface area contributed by atoms with Gasteiger partial charge in [-0.2, -0.15) is 0 Å². The molecule has 0 spiro atoms. The third-order valence-corrected chi connectivity index (χ3v) is 5.66. The van der Waals surface area contributed by atoms with Crippen molar-refractivity contribution in [2.45, 2.75) is 6.04 Å². The van der Waals surface area contributed by atoms with Gasteiger partial charge < -0.3 is 19.4 Å². The molecule has 2 aliphatic heterocycles. The van der Waals surface area contributed by atoms with Crippen LogP contribution in [0.4, 0.5) is 17.2 Å². The van der Waals surface area contributed by atoms with Gasteiger partial charge in [-0.05, 0) is 40.2 Å². The number of aromatic nitrogens is 3. The van der Waals surface area contributed by atoms with Crippen LogP contribution in [0.1, 0.15) is 0 Å². The highest BCUT2D eigenvalue weighted by atomic mass is 79.9. The average Bonchev–Trinajstić information content (AvgIpc) is 3.17. The average molecular weight is 429 g/mol. The molecule has 7 nitrogen and oxygen atoms in total. The Bertz CT molecular complexity index is 943. The Balaban J connectivity index is 1.32. The van der Waals surface area contributed by atoms with E-state index in [4.69, 9.17) is 4.74 Å². The smallest absolute Gasteiger partial charge is 0.180 e. The molecule has 0 unspecified atom stereocenters. The normalized spacial score (nSPS) is 20.6. The van der Waals surface area contributed by atoms with E-state index in [-0.39, 0.29) is 0 Å². The first-order valence-corrected chi connectivity index (χ1v) is 9.98. The van der Waals surface area contributed by atoms with Gasteiger partial charge in [0.05, 0.1) is 19.3 Å². The molecule has 4 heterocycles. The molecule has 2 saturated heterocycles. The maximum absolute atomic E-state index is 5.65. The van der Waals surface area contributed by atoms with Gasteiger partial charge in [0.1, 0.15) is 4.60 Å². The molecule has 0 bridgehead atoms. The number of benzene rings is 1. The molecule has 2 aromatic heterocycles. The molecule has 1 atom stereocenters. The van der Waals surface area contributed by atoms with Gasteiger partial charge in [0.25, 0.3) is 0 Å². The second-order valence-electron chi connectivity index (χ2n) is 6.95. The van der Waals surface area contributed by atoms with Crippen molar-refractivity contribution >= 4 is 38.8 Å². The molecule has 27 heavy (non-hydrogen) atoms. The zero-order valence-electron chi connectivity index (χ0n) is 14.9. The molecule has 0 radical (unpaired) electrons. The number of nitrogens with one attached hydrogen (secondary N) is 1. The predicted molar refractivity (Wildman–Crippen MR) is 109 cm³/mol. The van der Waals surface area contributed by atoms with Crippen LogP contribution in [-0.4, -0.2) is 64.7 Å². The summed E-state index contributed by atoms with van der Waals surface area (Å²) in [4.78, 5) is 13.9. The summed E-state index contributed by atoms with van der Waals surface area (Å²) in [5.74, 6) is 0.732. The summed E-state index contributed by atoms with van der Waals surface area (Å²) in [7, 11) is 0. The largest absolute Gasteiger partial charge is 0.378 e. The Morgan fingerprint density at radius 2 is 2.04 bits per heavy atom. The highest BCUT2D eigenvalue weighted by Crippen LogP contribution is 2.25. The van der Waals surface area contributed by atoms with Crippen molar-refractivity contribution in [3.63, 3.8) is 0 Å². The number of rotatable bonds is 3. The van der Waals surface area contributed by atoms with E-state index >= 15 is 0 Å². The molecule has 0 aliphatic carbocycles. The number of piperazine rings is 1. The van der Waals surface area contributed by atoms with Crippen molar-refractivity contribution in [2.24, 2.45) is 0 Å². The molecule has 140 valence electrons. The van der Waals surface area contributed by atoms with Gasteiger partial charge >= 0.3 is 0 Å². The van der Waals surface area contributed by atoms with Gasteiger partial charge in [0.2, 0.25) is 0 Å². The van der Waals surface area contributed by atoms with E-state index in [2.05, 4.69) is 65.3 Å². The van der Waals surface area contributed by atoms with Crippen LogP contribution in [0.5, 0.6) is 0 Å². The second-order valence-corrected chi connectivity index (χ2v) is 7.77. The molecular weight excluding hydrogens is 408 g/mol. The monoisotopic (exact) mass is 428 g/mol. The predicted octanol–water partition coefficient (Wildman–Crippen LogP) is 2.76. The van der Waals surface area contributed by atoms with Crippen LogP contribution in [0.3, 0.4) is 0 Å². The maximum Gasteiger partial charge on any atom is 0.180 e. The molecule has 0 saturated carbocycles. The van der Waals surface area contributed by atoms with Crippen LogP contribution in [0.15, 0.2) is 47.5 Å². The first-order chi connectivity index (χ1) is 13.3. The third-order valence-electron chi connectivity index (χ3n) is 5.28. The molecule has 2 aliphatic rings. The summed E-state index contributed by atoms with van der Waals surface area (Å²) in [5, 5.41) is 3.38. The summed E-state index contributed by atoms with van der Waals surface area (Å²) < 4.78 is 8.36. The minimum absolute atomic E-state index is 0.505. The number of ether oxygens (including phenoxy) is 1. The fourth-order valence-corrected chi connectivity index (χ4v) is 4.26. The number of morpholine rings is 1. The Hall–Kier alpha value is -2.16. The van der Waals surface area contributed by atoms with E-state index in [0.717, 1.165) is 61.1 Å². The van der Waals surface area contributed by atoms with Crippen molar-refractivity contribution in [3.8, 4) is 0 Å². The summed E-state index contributed by atoms with van der Waals surface area (Å²) >= 11 is 3.45. The van der Waals surface area contributed by atoms with Crippen molar-refractivity contribution in [3.05, 3.63) is 47.5 Å². The van der Waals surface area contributed by atoms with Crippen LogP contribution in [0.25, 0.3) is 5.65 Å². The maximum atomic E-state index is 5.65. The zero-order chi connectivity index (χ0) is 18.2. The van der Waals surface area contributed by atoms with Crippen LogP contribution in [-0.2, 0) is 4.74 Å². The zero-order valence-corrected chi connectivity index (χ0v) is 16.5. The molecular formula is C19H21BrN6O. The minimum atomic E-state index is 0.505. The highest BCUT2D eigenvalue weighted by Gasteiger charge is 2.29. The van der Waals surface area contributed by atoms with Gasteiger partial charge in [-0.1, -0.05) is 0 Å². The van der Waals surface area contributed by atoms with Crippen molar-refractivity contribution in [2.75, 3.05) is 49.6 Å². The lowest BCUT2D eigenvalue weighted by Crippen LogP contribution is -2.58. The van der Waals surface area contributed by atoms with Gasteiger partial charge in [0.15, 0.2) is 11.5 Å². The molecule has 0 amide bonds. The Labute approximate surface area is 166 Å². The lowest BCUT2D eigenvalue weighted by molar-refractivity contribution is -0.0116. The third kappa shape index (κ3) is 3.40. The van der Waals surface area contributed by atoms with E-state index in [0.29, 0.717) is 6.04 Å². The van der Waals surface area contributed by atoms with Crippen LogP contribution < -0.4 is 10.2 Å². The minimum Gasteiger partial charge on any atom is -0.378 e. The van der Waals surface area contributed by atoms with Crippen LogP contribution in [0.2, 0.25) is 0 Å². The fourth-order valence-electron chi connectivity index (χ4n) is 3.86.